The molecule has 20 heavy (non-hydrogen) atoms. The Morgan fingerprint density at radius 1 is 1.15 bits per heavy atom. The summed E-state index contributed by atoms with van der Waals surface area (Å²) in [6.07, 6.45) is 0. The molecule has 2 aromatic carbocycles. The fourth-order valence-electron chi connectivity index (χ4n) is 1.75. The maximum atomic E-state index is 8.79. The lowest BCUT2D eigenvalue weighted by molar-refractivity contribution is 0.415. The molecule has 0 aliphatic rings. The van der Waals surface area contributed by atoms with E-state index in [4.69, 9.17) is 33.2 Å². The van der Waals surface area contributed by atoms with Crippen molar-refractivity contribution in [2.24, 2.45) is 0 Å². The van der Waals surface area contributed by atoms with Crippen LogP contribution in [0.1, 0.15) is 11.1 Å². The van der Waals surface area contributed by atoms with Crippen LogP contribution in [0.15, 0.2) is 36.4 Å². The summed E-state index contributed by atoms with van der Waals surface area (Å²) < 4.78 is 5.10. The van der Waals surface area contributed by atoms with Crippen LogP contribution >= 0.6 is 23.2 Å². The largest absolute Gasteiger partial charge is 0.495 e. The lowest BCUT2D eigenvalue weighted by Crippen LogP contribution is -2.00. The number of rotatable bonds is 4. The molecule has 0 bridgehead atoms. The van der Waals surface area contributed by atoms with Gasteiger partial charge in [0, 0.05) is 6.54 Å². The van der Waals surface area contributed by atoms with Crippen molar-refractivity contribution in [3.63, 3.8) is 0 Å². The van der Waals surface area contributed by atoms with Gasteiger partial charge in [0.05, 0.1) is 34.5 Å². The summed E-state index contributed by atoms with van der Waals surface area (Å²) in [7, 11) is 1.58. The molecule has 2 rings (SSSR count). The Morgan fingerprint density at radius 2 is 1.95 bits per heavy atom. The first-order valence-corrected chi connectivity index (χ1v) is 6.65. The molecule has 0 saturated heterocycles. The van der Waals surface area contributed by atoms with Gasteiger partial charge in [0.25, 0.3) is 0 Å². The van der Waals surface area contributed by atoms with Gasteiger partial charge < -0.3 is 10.1 Å². The maximum absolute atomic E-state index is 8.79. The van der Waals surface area contributed by atoms with Crippen LogP contribution in [-0.2, 0) is 6.54 Å². The smallest absolute Gasteiger partial charge is 0.137 e. The predicted octanol–water partition coefficient (Wildman–Crippen LogP) is 4.49. The highest BCUT2D eigenvalue weighted by molar-refractivity contribution is 6.33. The third-order valence-electron chi connectivity index (χ3n) is 2.80. The number of ether oxygens (including phenoxy) is 1. The number of halogens is 2. The second kappa shape index (κ2) is 6.51. The van der Waals surface area contributed by atoms with Crippen molar-refractivity contribution in [3.8, 4) is 11.8 Å². The summed E-state index contributed by atoms with van der Waals surface area (Å²) in [4.78, 5) is 0. The van der Waals surface area contributed by atoms with E-state index < -0.39 is 0 Å². The molecule has 0 aromatic heterocycles. The molecule has 3 nitrogen and oxygen atoms in total. The predicted molar refractivity (Wildman–Crippen MR) is 81.5 cm³/mol. The molecule has 0 atom stereocenters. The molecular weight excluding hydrogens is 295 g/mol. The highest BCUT2D eigenvalue weighted by Gasteiger charge is 2.04. The van der Waals surface area contributed by atoms with Crippen LogP contribution in [0.3, 0.4) is 0 Å². The van der Waals surface area contributed by atoms with E-state index in [-0.39, 0.29) is 0 Å². The zero-order valence-electron chi connectivity index (χ0n) is 10.8. The minimum Gasteiger partial charge on any atom is -0.495 e. The third kappa shape index (κ3) is 3.36. The molecule has 0 radical (unpaired) electrons. The highest BCUT2D eigenvalue weighted by Crippen LogP contribution is 2.27. The summed E-state index contributed by atoms with van der Waals surface area (Å²) in [5.41, 5.74) is 2.32. The first kappa shape index (κ1) is 14.5. The maximum Gasteiger partial charge on any atom is 0.137 e. The number of benzene rings is 2. The minimum atomic E-state index is 0.517. The molecular formula is C15H12Cl2N2O. The Balaban J connectivity index is 2.09. The van der Waals surface area contributed by atoms with Gasteiger partial charge in [-0.2, -0.15) is 5.26 Å². The van der Waals surface area contributed by atoms with E-state index in [9.17, 15) is 0 Å². The topological polar surface area (TPSA) is 45.0 Å². The Morgan fingerprint density at radius 3 is 2.55 bits per heavy atom. The average molecular weight is 307 g/mol. The van der Waals surface area contributed by atoms with E-state index in [1.165, 1.54) is 0 Å². The summed E-state index contributed by atoms with van der Waals surface area (Å²) >= 11 is 12.2. The Kier molecular flexibility index (Phi) is 4.73. The Labute approximate surface area is 127 Å². The second-order valence-electron chi connectivity index (χ2n) is 4.13. The van der Waals surface area contributed by atoms with Crippen LogP contribution in [0.5, 0.6) is 5.75 Å². The number of nitrogens with one attached hydrogen (secondary N) is 1. The van der Waals surface area contributed by atoms with Crippen molar-refractivity contribution >= 4 is 28.9 Å². The van der Waals surface area contributed by atoms with Crippen LogP contribution < -0.4 is 10.1 Å². The first-order chi connectivity index (χ1) is 9.63. The van der Waals surface area contributed by atoms with Crippen molar-refractivity contribution in [3.05, 3.63) is 57.6 Å². The minimum absolute atomic E-state index is 0.517. The molecule has 0 fully saturated rings. The van der Waals surface area contributed by atoms with E-state index in [0.29, 0.717) is 27.9 Å². The zero-order valence-corrected chi connectivity index (χ0v) is 12.3. The van der Waals surface area contributed by atoms with Crippen LogP contribution in [0.2, 0.25) is 10.0 Å². The lowest BCUT2D eigenvalue weighted by Gasteiger charge is -2.10. The van der Waals surface area contributed by atoms with Gasteiger partial charge in [-0.1, -0.05) is 29.3 Å². The summed E-state index contributed by atoms with van der Waals surface area (Å²) in [6.45, 7) is 0.579. The molecule has 0 aliphatic carbocycles. The Hall–Kier alpha value is -1.89. The molecule has 0 unspecified atom stereocenters. The fraction of sp³-hybridized carbons (Fsp3) is 0.133. The van der Waals surface area contributed by atoms with E-state index in [0.717, 1.165) is 11.3 Å². The number of nitriles is 1. The molecule has 102 valence electrons. The third-order valence-corrected chi connectivity index (χ3v) is 3.41. The summed E-state index contributed by atoms with van der Waals surface area (Å²) in [5.74, 6) is 0.645. The van der Waals surface area contributed by atoms with Crippen molar-refractivity contribution in [1.82, 2.24) is 0 Å². The van der Waals surface area contributed by atoms with Crippen LogP contribution in [-0.4, -0.2) is 7.11 Å². The molecule has 0 aliphatic heterocycles. The highest BCUT2D eigenvalue weighted by atomic mass is 35.5. The molecule has 0 amide bonds. The van der Waals surface area contributed by atoms with Gasteiger partial charge in [-0.3, -0.25) is 0 Å². The average Bonchev–Trinajstić information content (AvgIpc) is 2.46. The molecule has 0 saturated carbocycles. The van der Waals surface area contributed by atoms with Gasteiger partial charge in [0.15, 0.2) is 0 Å². The van der Waals surface area contributed by atoms with Crippen LogP contribution in [0, 0.1) is 11.3 Å². The normalized spacial score (nSPS) is 9.90. The van der Waals surface area contributed by atoms with E-state index >= 15 is 0 Å². The Bertz CT molecular complexity index is 665. The van der Waals surface area contributed by atoms with E-state index in [1.54, 1.807) is 25.3 Å². The number of anilines is 1. The quantitative estimate of drug-likeness (QED) is 0.905. The monoisotopic (exact) mass is 306 g/mol. The standard InChI is InChI=1S/C15H12Cl2N2O/c1-20-15-5-3-11(7-13(15)17)9-19-14-4-2-10(8-18)6-12(14)16/h2-7,19H,9H2,1H3. The number of nitrogens with zero attached hydrogens (tertiary/aromatic N) is 1. The summed E-state index contributed by atoms with van der Waals surface area (Å²) in [5, 5.41) is 13.1. The van der Waals surface area contributed by atoms with Crippen LogP contribution in [0.25, 0.3) is 0 Å². The molecule has 2 aromatic rings. The van der Waals surface area contributed by atoms with Gasteiger partial charge in [-0.25, -0.2) is 0 Å². The molecule has 1 N–H and O–H groups in total. The summed E-state index contributed by atoms with van der Waals surface area (Å²) in [6, 6.07) is 12.8. The zero-order chi connectivity index (χ0) is 14.5. The molecule has 5 heteroatoms. The van der Waals surface area contributed by atoms with Crippen molar-refractivity contribution in [1.29, 1.82) is 5.26 Å². The van der Waals surface area contributed by atoms with Gasteiger partial charge in [0.2, 0.25) is 0 Å². The van der Waals surface area contributed by atoms with Crippen molar-refractivity contribution in [2.45, 2.75) is 6.54 Å². The second-order valence-corrected chi connectivity index (χ2v) is 4.94. The first-order valence-electron chi connectivity index (χ1n) is 5.90. The SMILES string of the molecule is COc1ccc(CNc2ccc(C#N)cc2Cl)cc1Cl. The lowest BCUT2D eigenvalue weighted by atomic mass is 10.2. The fourth-order valence-corrected chi connectivity index (χ4v) is 2.27. The van der Waals surface area contributed by atoms with E-state index in [2.05, 4.69) is 5.32 Å². The van der Waals surface area contributed by atoms with Gasteiger partial charge in [-0.15, -0.1) is 0 Å². The number of hydrogen-bond donors (Lipinski definition) is 1. The number of methoxy groups -OCH3 is 1. The molecule has 0 spiro atoms. The van der Waals surface area contributed by atoms with Crippen LogP contribution in [0.4, 0.5) is 5.69 Å². The van der Waals surface area contributed by atoms with Gasteiger partial charge >= 0.3 is 0 Å². The molecule has 0 heterocycles. The number of hydrogen-bond acceptors (Lipinski definition) is 3. The van der Waals surface area contributed by atoms with Crippen molar-refractivity contribution in [2.75, 3.05) is 12.4 Å². The van der Waals surface area contributed by atoms with Crippen molar-refractivity contribution < 1.29 is 4.74 Å². The van der Waals surface area contributed by atoms with E-state index in [1.807, 2.05) is 24.3 Å². The van der Waals surface area contributed by atoms with Gasteiger partial charge in [0.1, 0.15) is 5.75 Å². The van der Waals surface area contributed by atoms with Gasteiger partial charge in [-0.05, 0) is 35.9 Å².